The van der Waals surface area contributed by atoms with Gasteiger partial charge in [-0.3, -0.25) is 9.36 Å². The van der Waals surface area contributed by atoms with Gasteiger partial charge < -0.3 is 10.4 Å². The minimum atomic E-state index is -5.08. The quantitative estimate of drug-likeness (QED) is 0.780. The monoisotopic (exact) mass is 391 g/mol. The van der Waals surface area contributed by atoms with Gasteiger partial charge in [0, 0.05) is 24.5 Å². The normalized spacial score (nSPS) is 17.5. The third kappa shape index (κ3) is 4.73. The SMILES string of the molecule is Cn1c([C@@H]2CCCNC2)nc2ccc(Cl)cc2c1=O.O=C(O)C(F)(F)F. The highest BCUT2D eigenvalue weighted by Gasteiger charge is 2.38. The summed E-state index contributed by atoms with van der Waals surface area (Å²) in [6, 6.07) is 5.28. The molecule has 1 aromatic heterocycles. The highest BCUT2D eigenvalue weighted by atomic mass is 35.5. The van der Waals surface area contributed by atoms with E-state index in [0.717, 1.165) is 37.3 Å². The lowest BCUT2D eigenvalue weighted by atomic mass is 9.98. The summed E-state index contributed by atoms with van der Waals surface area (Å²) in [5.41, 5.74) is 0.709. The number of aliphatic carboxylic acids is 1. The molecule has 2 N–H and O–H groups in total. The van der Waals surface area contributed by atoms with Gasteiger partial charge in [-0.1, -0.05) is 11.6 Å². The summed E-state index contributed by atoms with van der Waals surface area (Å²) in [7, 11) is 1.79. The van der Waals surface area contributed by atoms with Gasteiger partial charge in [0.15, 0.2) is 0 Å². The number of carboxylic acid groups (broad SMARTS) is 1. The lowest BCUT2D eigenvalue weighted by molar-refractivity contribution is -0.192. The molecule has 1 saturated heterocycles. The number of hydrogen-bond donors (Lipinski definition) is 2. The van der Waals surface area contributed by atoms with Gasteiger partial charge in [0.2, 0.25) is 0 Å². The molecule has 6 nitrogen and oxygen atoms in total. The van der Waals surface area contributed by atoms with Crippen LogP contribution in [0.1, 0.15) is 24.6 Å². The highest BCUT2D eigenvalue weighted by molar-refractivity contribution is 6.31. The molecule has 0 aliphatic carbocycles. The van der Waals surface area contributed by atoms with E-state index in [-0.39, 0.29) is 5.56 Å². The standard InChI is InChI=1S/C14H16ClN3O.C2HF3O2/c1-18-13(9-3-2-6-16-8-9)17-12-5-4-10(15)7-11(12)14(18)19;3-2(4,5)1(6)7/h4-5,7,9,16H,2-3,6,8H2,1H3;(H,6,7)/t9-;/m1./s1. The van der Waals surface area contributed by atoms with Gasteiger partial charge in [0.25, 0.3) is 5.56 Å². The van der Waals surface area contributed by atoms with Crippen LogP contribution in [-0.2, 0) is 11.8 Å². The van der Waals surface area contributed by atoms with Crippen molar-refractivity contribution >= 4 is 28.5 Å². The summed E-state index contributed by atoms with van der Waals surface area (Å²) >= 11 is 5.95. The number of carbonyl (C=O) groups is 1. The molecular formula is C16H17ClF3N3O3. The summed E-state index contributed by atoms with van der Waals surface area (Å²) in [5.74, 6) is -1.58. The molecule has 0 bridgehead atoms. The second-order valence-electron chi connectivity index (χ2n) is 5.84. The molecule has 2 heterocycles. The minimum Gasteiger partial charge on any atom is -0.475 e. The van der Waals surface area contributed by atoms with Crippen LogP contribution in [-0.4, -0.2) is 39.9 Å². The Balaban J connectivity index is 0.000000298. The first kappa shape index (κ1) is 20.2. The topological polar surface area (TPSA) is 84.2 Å². The summed E-state index contributed by atoms with van der Waals surface area (Å²) in [6.45, 7) is 1.94. The second-order valence-corrected chi connectivity index (χ2v) is 6.28. The number of nitrogens with one attached hydrogen (secondary N) is 1. The molecule has 1 aliphatic rings. The summed E-state index contributed by atoms with van der Waals surface area (Å²) in [6.07, 6.45) is -2.88. The lowest BCUT2D eigenvalue weighted by Gasteiger charge is -2.24. The van der Waals surface area contributed by atoms with Gasteiger partial charge in [-0.2, -0.15) is 13.2 Å². The number of fused-ring (bicyclic) bond motifs is 1. The molecule has 3 rings (SSSR count). The Morgan fingerprint density at radius 3 is 2.62 bits per heavy atom. The molecule has 1 fully saturated rings. The Morgan fingerprint density at radius 2 is 2.08 bits per heavy atom. The van der Waals surface area contributed by atoms with Crippen LogP contribution in [0.3, 0.4) is 0 Å². The molecular weight excluding hydrogens is 375 g/mol. The van der Waals surface area contributed by atoms with Gasteiger partial charge in [0.1, 0.15) is 5.82 Å². The van der Waals surface area contributed by atoms with E-state index in [1.54, 1.807) is 23.7 Å². The van der Waals surface area contributed by atoms with Crippen LogP contribution < -0.4 is 10.9 Å². The van der Waals surface area contributed by atoms with Crippen molar-refractivity contribution in [1.82, 2.24) is 14.9 Å². The number of carboxylic acids is 1. The van der Waals surface area contributed by atoms with E-state index < -0.39 is 12.1 Å². The van der Waals surface area contributed by atoms with Gasteiger partial charge in [0.05, 0.1) is 10.9 Å². The average Bonchev–Trinajstić information content (AvgIpc) is 2.59. The Morgan fingerprint density at radius 1 is 1.42 bits per heavy atom. The third-order valence-corrected chi connectivity index (χ3v) is 4.21. The van der Waals surface area contributed by atoms with Crippen molar-refractivity contribution in [1.29, 1.82) is 0 Å². The highest BCUT2D eigenvalue weighted by Crippen LogP contribution is 2.22. The number of rotatable bonds is 1. The van der Waals surface area contributed by atoms with Gasteiger partial charge >= 0.3 is 12.1 Å². The van der Waals surface area contributed by atoms with Crippen molar-refractivity contribution in [3.63, 3.8) is 0 Å². The van der Waals surface area contributed by atoms with E-state index in [0.29, 0.717) is 16.3 Å². The molecule has 0 saturated carbocycles. The summed E-state index contributed by atoms with van der Waals surface area (Å²) in [5, 5.41) is 11.6. The molecule has 1 aromatic carbocycles. The van der Waals surface area contributed by atoms with E-state index in [1.807, 2.05) is 6.07 Å². The Hall–Kier alpha value is -2.13. The van der Waals surface area contributed by atoms with E-state index >= 15 is 0 Å². The van der Waals surface area contributed by atoms with Crippen molar-refractivity contribution in [2.24, 2.45) is 7.05 Å². The van der Waals surface area contributed by atoms with E-state index in [2.05, 4.69) is 10.3 Å². The molecule has 26 heavy (non-hydrogen) atoms. The molecule has 1 aliphatic heterocycles. The number of piperidine rings is 1. The predicted octanol–water partition coefficient (Wildman–Crippen LogP) is 2.69. The molecule has 10 heteroatoms. The van der Waals surface area contributed by atoms with Crippen LogP contribution in [0, 0.1) is 0 Å². The van der Waals surface area contributed by atoms with Gasteiger partial charge in [-0.15, -0.1) is 0 Å². The molecule has 142 valence electrons. The number of benzene rings is 1. The zero-order valence-corrected chi connectivity index (χ0v) is 14.6. The van der Waals surface area contributed by atoms with Crippen molar-refractivity contribution in [2.45, 2.75) is 24.9 Å². The first-order valence-electron chi connectivity index (χ1n) is 7.78. The fraction of sp³-hybridized carbons (Fsp3) is 0.438. The summed E-state index contributed by atoms with van der Waals surface area (Å²) in [4.78, 5) is 25.9. The van der Waals surface area contributed by atoms with Crippen LogP contribution in [0.4, 0.5) is 13.2 Å². The number of hydrogen-bond acceptors (Lipinski definition) is 4. The van der Waals surface area contributed by atoms with E-state index in [4.69, 9.17) is 21.5 Å². The number of nitrogens with zero attached hydrogens (tertiary/aromatic N) is 2. The maximum absolute atomic E-state index is 12.4. The Kier molecular flexibility index (Phi) is 6.25. The molecule has 0 radical (unpaired) electrons. The largest absolute Gasteiger partial charge is 0.490 e. The third-order valence-electron chi connectivity index (χ3n) is 3.98. The fourth-order valence-electron chi connectivity index (χ4n) is 2.70. The molecule has 0 unspecified atom stereocenters. The average molecular weight is 392 g/mol. The zero-order valence-electron chi connectivity index (χ0n) is 13.8. The first-order valence-corrected chi connectivity index (χ1v) is 8.16. The Bertz CT molecular complexity index is 861. The van der Waals surface area contributed by atoms with Crippen LogP contribution in [0.5, 0.6) is 0 Å². The van der Waals surface area contributed by atoms with E-state index in [1.165, 1.54) is 0 Å². The smallest absolute Gasteiger partial charge is 0.475 e. The molecule has 0 amide bonds. The zero-order chi connectivity index (χ0) is 19.5. The van der Waals surface area contributed by atoms with Crippen LogP contribution in [0.2, 0.25) is 5.02 Å². The first-order chi connectivity index (χ1) is 12.1. The second kappa shape index (κ2) is 8.05. The predicted molar refractivity (Wildman–Crippen MR) is 90.5 cm³/mol. The van der Waals surface area contributed by atoms with Crippen LogP contribution in [0.25, 0.3) is 10.9 Å². The van der Waals surface area contributed by atoms with Gasteiger partial charge in [-0.25, -0.2) is 9.78 Å². The van der Waals surface area contributed by atoms with Crippen LogP contribution >= 0.6 is 11.6 Å². The van der Waals surface area contributed by atoms with Crippen molar-refractivity contribution < 1.29 is 23.1 Å². The number of alkyl halides is 3. The van der Waals surface area contributed by atoms with E-state index in [9.17, 15) is 18.0 Å². The maximum atomic E-state index is 12.4. The Labute approximate surface area is 151 Å². The van der Waals surface area contributed by atoms with Crippen LogP contribution in [0.15, 0.2) is 23.0 Å². The number of aromatic nitrogens is 2. The van der Waals surface area contributed by atoms with Crippen molar-refractivity contribution in [3.05, 3.63) is 39.4 Å². The fourth-order valence-corrected chi connectivity index (χ4v) is 2.87. The maximum Gasteiger partial charge on any atom is 0.490 e. The van der Waals surface area contributed by atoms with Gasteiger partial charge in [-0.05, 0) is 37.6 Å². The molecule has 1 atom stereocenters. The molecule has 0 spiro atoms. The lowest BCUT2D eigenvalue weighted by Crippen LogP contribution is -2.33. The van der Waals surface area contributed by atoms with Crippen molar-refractivity contribution in [3.8, 4) is 0 Å². The van der Waals surface area contributed by atoms with Crippen molar-refractivity contribution in [2.75, 3.05) is 13.1 Å². The number of halogens is 4. The summed E-state index contributed by atoms with van der Waals surface area (Å²) < 4.78 is 33.4. The molecule has 2 aromatic rings. The minimum absolute atomic E-state index is 0.0203.